The summed E-state index contributed by atoms with van der Waals surface area (Å²) in [5.74, 6) is -21.8. The number of rotatable bonds is 0. The number of aliphatic hydroxyl groups is 4. The fraction of sp³-hybridized carbons (Fsp3) is 0.647. The zero-order chi connectivity index (χ0) is 24.6. The summed E-state index contributed by atoms with van der Waals surface area (Å²) < 4.78 is 28.6. The molecule has 0 aliphatic carbocycles. The minimum Gasteiger partial charge on any atom is -0.455 e. The molecule has 6 unspecified atom stereocenters. The second kappa shape index (κ2) is 6.60. The first-order chi connectivity index (χ1) is 15.1. The molecule has 0 amide bonds. The van der Waals surface area contributed by atoms with Crippen LogP contribution >= 0.6 is 0 Å². The van der Waals surface area contributed by atoms with Gasteiger partial charge in [-0.1, -0.05) is 0 Å². The van der Waals surface area contributed by atoms with Crippen molar-refractivity contribution in [1.29, 1.82) is 0 Å². The molecule has 0 aromatic heterocycles. The molecule has 4 N–H and O–H groups in total. The number of ether oxygens (including phenoxy) is 6. The molecule has 33 heavy (non-hydrogen) atoms. The molecule has 4 aliphatic heterocycles. The van der Waals surface area contributed by atoms with Crippen molar-refractivity contribution in [3.8, 4) is 0 Å². The summed E-state index contributed by atoms with van der Waals surface area (Å²) in [6, 6.07) is 0. The van der Waals surface area contributed by atoms with E-state index >= 15 is 0 Å². The molecule has 4 saturated heterocycles. The Labute approximate surface area is 181 Å². The lowest BCUT2D eigenvalue weighted by molar-refractivity contribution is -0.511. The maximum Gasteiger partial charge on any atom is 0.464 e. The third-order valence-corrected chi connectivity index (χ3v) is 5.50. The molecular weight excluding hydrogens is 460 g/mol. The van der Waals surface area contributed by atoms with E-state index in [0.717, 1.165) is 6.92 Å². The van der Waals surface area contributed by atoms with Crippen LogP contribution < -0.4 is 0 Å². The smallest absolute Gasteiger partial charge is 0.455 e. The van der Waals surface area contributed by atoms with Crippen molar-refractivity contribution in [2.45, 2.75) is 67.5 Å². The summed E-state index contributed by atoms with van der Waals surface area (Å²) in [5, 5.41) is 43.2. The molecule has 0 radical (unpaired) electrons. The van der Waals surface area contributed by atoms with E-state index in [-0.39, 0.29) is 0 Å². The Morgan fingerprint density at radius 2 is 1.06 bits per heavy atom. The highest BCUT2D eigenvalue weighted by Gasteiger charge is 2.84. The minimum atomic E-state index is -4.08. The summed E-state index contributed by atoms with van der Waals surface area (Å²) in [5.41, 5.74) is -5.81. The fourth-order valence-electron chi connectivity index (χ4n) is 3.82. The predicted octanol–water partition coefficient (Wildman–Crippen LogP) is -4.26. The van der Waals surface area contributed by atoms with Crippen LogP contribution in [0.2, 0.25) is 0 Å². The van der Waals surface area contributed by atoms with Crippen LogP contribution in [-0.4, -0.2) is 91.1 Å². The highest BCUT2D eigenvalue weighted by molar-refractivity contribution is 5.94. The van der Waals surface area contributed by atoms with E-state index in [0.29, 0.717) is 0 Å². The third-order valence-electron chi connectivity index (χ3n) is 5.50. The number of hydrogen-bond donors (Lipinski definition) is 4. The molecule has 16 heteroatoms. The van der Waals surface area contributed by atoms with Gasteiger partial charge in [0.05, 0.1) is 25.7 Å². The van der Waals surface area contributed by atoms with Crippen molar-refractivity contribution in [3.05, 3.63) is 0 Å². The predicted molar refractivity (Wildman–Crippen MR) is 87.0 cm³/mol. The molecule has 4 rings (SSSR count). The van der Waals surface area contributed by atoms with Gasteiger partial charge in [0, 0.05) is 0 Å². The number of hydrogen-bond acceptors (Lipinski definition) is 16. The summed E-state index contributed by atoms with van der Waals surface area (Å²) in [4.78, 5) is 74.8. The molecule has 6 atom stereocenters. The van der Waals surface area contributed by atoms with Crippen LogP contribution in [0.4, 0.5) is 0 Å². The molecule has 0 aromatic carbocycles. The molecule has 1 spiro atoms. The lowest BCUT2D eigenvalue weighted by Crippen LogP contribution is -2.80. The number of carbonyl (C=O) groups excluding carboxylic acids is 6. The van der Waals surface area contributed by atoms with E-state index in [2.05, 4.69) is 9.47 Å². The quantitative estimate of drug-likeness (QED) is 0.191. The van der Waals surface area contributed by atoms with Gasteiger partial charge in [-0.15, -0.1) is 0 Å². The summed E-state index contributed by atoms with van der Waals surface area (Å²) in [6.07, 6.45) is -7.24. The van der Waals surface area contributed by atoms with E-state index in [9.17, 15) is 49.2 Å². The minimum absolute atomic E-state index is 0.819. The lowest BCUT2D eigenvalue weighted by atomic mass is 9.89. The lowest BCUT2D eigenvalue weighted by Gasteiger charge is -2.52. The van der Waals surface area contributed by atoms with Crippen LogP contribution in [-0.2, 0) is 57.2 Å². The maximum atomic E-state index is 12.7. The van der Waals surface area contributed by atoms with E-state index < -0.39 is 96.4 Å². The van der Waals surface area contributed by atoms with Crippen molar-refractivity contribution in [2.75, 3.05) is 0 Å². The van der Waals surface area contributed by atoms with Gasteiger partial charge in [0.2, 0.25) is 0 Å². The topological polar surface area (TPSA) is 239 Å². The monoisotopic (exact) mass is 476 g/mol. The van der Waals surface area contributed by atoms with E-state index in [1.54, 1.807) is 0 Å². The Hall–Kier alpha value is -3.34. The molecule has 16 nitrogen and oxygen atoms in total. The van der Waals surface area contributed by atoms with Crippen LogP contribution in [0.25, 0.3) is 0 Å². The van der Waals surface area contributed by atoms with Crippen LogP contribution in [0, 0.1) is 0 Å². The van der Waals surface area contributed by atoms with Crippen molar-refractivity contribution in [2.24, 2.45) is 0 Å². The van der Waals surface area contributed by atoms with Gasteiger partial charge in [0.15, 0.2) is 17.3 Å². The van der Waals surface area contributed by atoms with E-state index in [1.165, 1.54) is 0 Å². The highest BCUT2D eigenvalue weighted by atomic mass is 16.9. The second-order valence-corrected chi connectivity index (χ2v) is 8.00. The van der Waals surface area contributed by atoms with Crippen molar-refractivity contribution in [1.82, 2.24) is 0 Å². The fourth-order valence-corrected chi connectivity index (χ4v) is 3.82. The number of fused-ring (bicyclic) bond motifs is 8. The van der Waals surface area contributed by atoms with E-state index in [1.807, 2.05) is 0 Å². The van der Waals surface area contributed by atoms with Gasteiger partial charge in [-0.3, -0.25) is 19.2 Å². The molecule has 4 heterocycles. The van der Waals surface area contributed by atoms with Crippen molar-refractivity contribution < 1.29 is 77.6 Å². The second-order valence-electron chi connectivity index (χ2n) is 8.00. The van der Waals surface area contributed by atoms with Crippen molar-refractivity contribution in [3.63, 3.8) is 0 Å². The summed E-state index contributed by atoms with van der Waals surface area (Å²) in [6.45, 7) is 0.819. The Balaban J connectivity index is 2.01. The van der Waals surface area contributed by atoms with Gasteiger partial charge >= 0.3 is 53.4 Å². The average Bonchev–Trinajstić information content (AvgIpc) is 2.69. The summed E-state index contributed by atoms with van der Waals surface area (Å²) in [7, 11) is 0. The van der Waals surface area contributed by atoms with Crippen LogP contribution in [0.1, 0.15) is 32.6 Å². The van der Waals surface area contributed by atoms with Gasteiger partial charge < -0.3 is 48.8 Å². The molecule has 0 saturated carbocycles. The Kier molecular flexibility index (Phi) is 4.56. The third kappa shape index (κ3) is 3.05. The SMILES string of the molecule is CC1OC(=O)CC2(O)CC(=O)OC3(OC(=O)CC4(O)CC(=O)OC3(O)OC4=O)C1(O)OC2=O. The van der Waals surface area contributed by atoms with Gasteiger partial charge in [-0.2, -0.15) is 0 Å². The van der Waals surface area contributed by atoms with Crippen LogP contribution in [0.3, 0.4) is 0 Å². The number of carbonyl (C=O) groups is 6. The average molecular weight is 476 g/mol. The number of esters is 6. The maximum absolute atomic E-state index is 12.7. The standard InChI is InChI=1S/C17H16O16/c1-6-15(26)16(29-8(19)3-13(24,11(22)32-15)2-7(18)28-6)17(27)31-10(21)5-14(25,12(23)33-17)4-9(20)30-16/h6,24-27H,2-5H2,1H3. The van der Waals surface area contributed by atoms with Gasteiger partial charge in [-0.05, 0) is 6.92 Å². The first-order valence-electron chi connectivity index (χ1n) is 9.29. The van der Waals surface area contributed by atoms with Gasteiger partial charge in [0.1, 0.15) is 0 Å². The molecule has 180 valence electrons. The molecular formula is C17H16O16. The highest BCUT2D eigenvalue weighted by Crippen LogP contribution is 2.50. The van der Waals surface area contributed by atoms with Gasteiger partial charge in [0.25, 0.3) is 0 Å². The zero-order valence-corrected chi connectivity index (χ0v) is 16.6. The Morgan fingerprint density at radius 3 is 1.58 bits per heavy atom. The largest absolute Gasteiger partial charge is 0.464 e. The van der Waals surface area contributed by atoms with Gasteiger partial charge in [-0.25, -0.2) is 9.59 Å². The first-order valence-corrected chi connectivity index (χ1v) is 9.29. The van der Waals surface area contributed by atoms with Crippen LogP contribution in [0.15, 0.2) is 0 Å². The molecule has 4 aliphatic rings. The zero-order valence-electron chi connectivity index (χ0n) is 16.6. The Morgan fingerprint density at radius 1 is 0.636 bits per heavy atom. The normalized spacial score (nSPS) is 45.5. The van der Waals surface area contributed by atoms with Crippen molar-refractivity contribution >= 4 is 35.8 Å². The first kappa shape index (κ1) is 22.8. The summed E-state index contributed by atoms with van der Waals surface area (Å²) >= 11 is 0. The molecule has 4 bridgehead atoms. The van der Waals surface area contributed by atoms with E-state index in [4.69, 9.17) is 18.9 Å². The van der Waals surface area contributed by atoms with Crippen LogP contribution in [0.5, 0.6) is 0 Å². The number of cyclic esters (lactones) is 1. The molecule has 0 aromatic rings. The molecule has 4 fully saturated rings. The Bertz CT molecular complexity index is 1000.